The number of benzene rings is 4. The topological polar surface area (TPSA) is 422 Å². The van der Waals surface area contributed by atoms with Gasteiger partial charge in [-0.1, -0.05) is 84.1 Å². The Kier molecular flexibility index (Phi) is 26.0. The van der Waals surface area contributed by atoms with Crippen molar-refractivity contribution in [2.45, 2.75) is 113 Å². The lowest BCUT2D eigenvalue weighted by Crippen LogP contribution is -2.57. The second kappa shape index (κ2) is 38.1. The maximum atomic E-state index is 11.6. The van der Waals surface area contributed by atoms with E-state index in [4.69, 9.17) is 41.4 Å². The van der Waals surface area contributed by atoms with Gasteiger partial charge in [-0.2, -0.15) is 35.7 Å². The molecule has 12 aromatic heterocycles. The lowest BCUT2D eigenvalue weighted by molar-refractivity contribution is 0.126. The number of nitrogens with two attached hydrogens (primary N) is 2. The van der Waals surface area contributed by atoms with Crippen molar-refractivity contribution in [3.63, 3.8) is 0 Å². The Morgan fingerprint density at radius 2 is 0.756 bits per heavy atom. The van der Waals surface area contributed by atoms with Gasteiger partial charge >= 0.3 is 0 Å². The Labute approximate surface area is 764 Å². The minimum absolute atomic E-state index is 0.0270. The standard InChI is InChI=1S/C26H30N8.C24H27N7O2S.C23H26N8.C21H23N7O2S2/c1-33-16-20(13-29-33)18-4-3-5-19(12-18)23-28-15-22(21-14-30-34(2)17-21)24(31-23)32-26-9-6-25(27,7-10-26)8-11-26;1-30-13-19(10-26-30)17-5-4-6-18(9-17)23-25-12-22(20-11-27-31(2)14-20)24(29-23)28-21-7-16(8-21)15-34(3,32)33;1-30-13-17(10-26-30)15-4-3-5-16(8-15)22-25-12-21(18-11-27-31(2)14-18)23(29-22)28-20-7-6-19(24)9-20;1-14-26-27-21(31-14)18-12-23-19(25-20(18)22-8-5-9-32(3,29)30)16-7-4-6-15(10-16)17-11-24-28(2)13-17/h3-5,12-17H,6-11,27H2,1-2H3,(H,28,31,32);4-6,9-14,16,21H,7-8,15H2,1-3H3,(H,25,28,29);3-5,8,10-14,19-20H,6-7,9,24H2,1-2H3,(H,25,28,29);4,6-7,10-13H,5,8-9H2,1-3H3,(H,22,23,25)/t;;19-,20-;/m..0./s1. The van der Waals surface area contributed by atoms with E-state index in [0.717, 1.165) is 199 Å². The molecule has 674 valence electrons. The number of aryl methyl sites for hydroxylation is 8. The van der Waals surface area contributed by atoms with Gasteiger partial charge in [-0.3, -0.25) is 32.8 Å². The number of anilines is 4. The first-order chi connectivity index (χ1) is 63.0. The highest BCUT2D eigenvalue weighted by Crippen LogP contribution is 2.49. The number of hydrogen-bond donors (Lipinski definition) is 6. The summed E-state index contributed by atoms with van der Waals surface area (Å²) in [5.41, 5.74) is 31.4. The maximum absolute atomic E-state index is 11.6. The number of aromatic nitrogens is 24. The Hall–Kier alpha value is -13.8. The highest BCUT2D eigenvalue weighted by molar-refractivity contribution is 7.90. The van der Waals surface area contributed by atoms with Crippen LogP contribution in [0, 0.1) is 12.8 Å². The van der Waals surface area contributed by atoms with Gasteiger partial charge in [0.15, 0.2) is 28.3 Å². The maximum Gasteiger partial charge on any atom is 0.161 e. The molecule has 0 unspecified atom stereocenters. The molecule has 5 fully saturated rings. The first-order valence-electron chi connectivity index (χ1n) is 43.6. The number of fused-ring (bicyclic) bond motifs is 3. The van der Waals surface area contributed by atoms with E-state index in [1.165, 1.54) is 23.8 Å². The van der Waals surface area contributed by atoms with Gasteiger partial charge in [0, 0.05) is 244 Å². The molecule has 16 aromatic rings. The molecule has 21 rings (SSSR count). The monoisotopic (exact) mass is 1810 g/mol. The molecule has 0 saturated heterocycles. The fourth-order valence-electron chi connectivity index (χ4n) is 17.2. The number of rotatable bonds is 25. The van der Waals surface area contributed by atoms with Crippen molar-refractivity contribution in [3.05, 3.63) is 214 Å². The van der Waals surface area contributed by atoms with Crippen LogP contribution >= 0.6 is 11.3 Å². The largest absolute Gasteiger partial charge is 0.369 e. The highest BCUT2D eigenvalue weighted by atomic mass is 32.2. The van der Waals surface area contributed by atoms with E-state index in [9.17, 15) is 16.8 Å². The zero-order valence-corrected chi connectivity index (χ0v) is 77.2. The van der Waals surface area contributed by atoms with Crippen LogP contribution in [0.15, 0.2) is 209 Å². The predicted molar refractivity (Wildman–Crippen MR) is 512 cm³/mol. The fourth-order valence-corrected chi connectivity index (χ4v) is 19.7. The van der Waals surface area contributed by atoms with Gasteiger partial charge in [-0.15, -0.1) is 10.2 Å². The molecule has 0 amide bonds. The van der Waals surface area contributed by atoms with Crippen molar-refractivity contribution < 1.29 is 16.8 Å². The minimum atomic E-state index is -3.02. The van der Waals surface area contributed by atoms with Gasteiger partial charge < -0.3 is 32.7 Å². The van der Waals surface area contributed by atoms with E-state index in [1.54, 1.807) is 35.8 Å². The number of sulfone groups is 2. The van der Waals surface area contributed by atoms with Gasteiger partial charge in [-0.05, 0) is 136 Å². The van der Waals surface area contributed by atoms with E-state index in [-0.39, 0.29) is 40.6 Å². The third-order valence-electron chi connectivity index (χ3n) is 24.2. The molecule has 2 bridgehead atoms. The van der Waals surface area contributed by atoms with Crippen LogP contribution < -0.4 is 32.7 Å². The molecule has 12 heterocycles. The van der Waals surface area contributed by atoms with Crippen molar-refractivity contribution in [2.75, 3.05) is 51.8 Å². The molecule has 2 atom stereocenters. The Balaban J connectivity index is 0.000000122. The predicted octanol–water partition coefficient (Wildman–Crippen LogP) is 13.8. The summed E-state index contributed by atoms with van der Waals surface area (Å²) in [4.78, 5) is 38.4. The summed E-state index contributed by atoms with van der Waals surface area (Å²) < 4.78 is 58.6. The first kappa shape index (κ1) is 89.2. The summed E-state index contributed by atoms with van der Waals surface area (Å²) in [5.74, 6) is 6.13. The molecule has 37 heteroatoms. The van der Waals surface area contributed by atoms with Gasteiger partial charge in [0.2, 0.25) is 0 Å². The molecule has 8 N–H and O–H groups in total. The molecule has 34 nitrogen and oxygen atoms in total. The molecular weight excluding hydrogens is 1710 g/mol. The summed E-state index contributed by atoms with van der Waals surface area (Å²) >= 11 is 1.45. The SMILES string of the molecule is Cc1nnc(-c2cnc(-c3cccc(-c4cnn(C)c4)c3)nc2NCCCS(C)(=O)=O)s1.Cn1cc(-c2cccc(-c3ncc(-c4cnn(C)c4)c(NC45CCC(N)(CC4)CC5)n3)c2)cn1.Cn1cc(-c2cccc(-c3ncc(-c4cnn(C)c4)c(NC4CC(CS(C)(=O)=O)C4)n3)c2)cn1.Cn1cc(-c2cccc(-c3ncc(-c4cnn(C)c4)c(N[C@H]4CC[C@H](N)C4)n3)c2)cn1. The molecule has 0 radical (unpaired) electrons. The van der Waals surface area contributed by atoms with E-state index < -0.39 is 19.7 Å². The van der Waals surface area contributed by atoms with Gasteiger partial charge in [0.05, 0.1) is 60.4 Å². The van der Waals surface area contributed by atoms with E-state index in [1.807, 2.05) is 225 Å². The van der Waals surface area contributed by atoms with Gasteiger partial charge in [-0.25, -0.2) is 56.7 Å². The normalized spacial score (nSPS) is 18.0. The van der Waals surface area contributed by atoms with Crippen molar-refractivity contribution in [1.82, 2.24) is 119 Å². The first-order valence-corrected chi connectivity index (χ1v) is 48.5. The second-order valence-corrected chi connectivity index (χ2v) is 40.6. The summed E-state index contributed by atoms with van der Waals surface area (Å²) in [6, 6.07) is 33.3. The lowest BCUT2D eigenvalue weighted by Gasteiger charge is -2.52. The molecule has 5 saturated carbocycles. The van der Waals surface area contributed by atoms with E-state index in [0.29, 0.717) is 53.1 Å². The molecule has 0 spiro atoms. The van der Waals surface area contributed by atoms with Gasteiger partial charge in [0.1, 0.15) is 48.0 Å². The molecule has 0 aliphatic heterocycles. The van der Waals surface area contributed by atoms with Crippen LogP contribution in [0.25, 0.3) is 134 Å². The fraction of sp³-hybridized carbons (Fsp3) is 0.330. The molecule has 5 aliphatic rings. The van der Waals surface area contributed by atoms with Crippen molar-refractivity contribution >= 4 is 54.3 Å². The highest BCUT2D eigenvalue weighted by Gasteiger charge is 2.47. The third-order valence-corrected chi connectivity index (χ3v) is 27.2. The van der Waals surface area contributed by atoms with Crippen LogP contribution in [-0.2, 0) is 69.0 Å². The average Bonchev–Trinajstić information content (AvgIpc) is 1.58. The number of nitrogens with zero attached hydrogens (tertiary/aromatic N) is 24. The van der Waals surface area contributed by atoms with Crippen LogP contribution in [0.3, 0.4) is 0 Å². The van der Waals surface area contributed by atoms with Crippen LogP contribution in [0.5, 0.6) is 0 Å². The quantitative estimate of drug-likeness (QED) is 0.0289. The second-order valence-electron chi connectivity index (χ2n) is 35.0. The summed E-state index contributed by atoms with van der Waals surface area (Å²) in [6.45, 7) is 2.35. The van der Waals surface area contributed by atoms with Crippen LogP contribution in [0.1, 0.15) is 82.1 Å². The van der Waals surface area contributed by atoms with Crippen molar-refractivity contribution in [1.29, 1.82) is 0 Å². The molecule has 131 heavy (non-hydrogen) atoms. The van der Waals surface area contributed by atoms with Gasteiger partial charge in [0.25, 0.3) is 0 Å². The minimum Gasteiger partial charge on any atom is -0.369 e. The molecular formula is C94H106N30O4S3. The number of nitrogens with one attached hydrogen (secondary N) is 4. The Morgan fingerprint density at radius 1 is 0.405 bits per heavy atom. The summed E-state index contributed by atoms with van der Waals surface area (Å²) in [7, 11) is 7.34. The lowest BCUT2D eigenvalue weighted by atomic mass is 9.62. The summed E-state index contributed by atoms with van der Waals surface area (Å²) in [6.07, 6.45) is 48.2. The molecule has 4 aromatic carbocycles. The van der Waals surface area contributed by atoms with Crippen LogP contribution in [0.2, 0.25) is 0 Å². The van der Waals surface area contributed by atoms with Crippen molar-refractivity contribution in [3.8, 4) is 134 Å². The zero-order chi connectivity index (χ0) is 91.3. The Bertz CT molecular complexity index is 6970. The van der Waals surface area contributed by atoms with E-state index >= 15 is 0 Å². The smallest absolute Gasteiger partial charge is 0.161 e. The average molecular weight is 1820 g/mol. The van der Waals surface area contributed by atoms with Crippen molar-refractivity contribution in [2.24, 2.45) is 66.7 Å². The van der Waals surface area contributed by atoms with Crippen LogP contribution in [-0.4, -0.2) is 195 Å². The summed E-state index contributed by atoms with van der Waals surface area (Å²) in [5, 5.41) is 54.2. The third kappa shape index (κ3) is 22.1. The zero-order valence-electron chi connectivity index (χ0n) is 74.8. The number of hydrogen-bond acceptors (Lipinski definition) is 28. The Morgan fingerprint density at radius 3 is 1.10 bits per heavy atom. The van der Waals surface area contributed by atoms with Crippen LogP contribution in [0.4, 0.5) is 23.3 Å². The molecule has 5 aliphatic carbocycles. The van der Waals surface area contributed by atoms with E-state index in [2.05, 4.69) is 114 Å².